The maximum Gasteiger partial charge on any atom is 0.451 e. The monoisotopic (exact) mass is 485 g/mol. The van der Waals surface area contributed by atoms with Gasteiger partial charge in [0.2, 0.25) is 0 Å². The first-order valence-corrected chi connectivity index (χ1v) is 9.71. The molecule has 0 aromatic heterocycles. The molecule has 0 amide bonds. The first-order chi connectivity index (χ1) is 12.7. The number of benzene rings is 1. The van der Waals surface area contributed by atoms with Gasteiger partial charge in [0.15, 0.2) is 5.11 Å². The quantitative estimate of drug-likeness (QED) is 0.216. The van der Waals surface area contributed by atoms with Crippen LogP contribution < -0.4 is 11.1 Å². The summed E-state index contributed by atoms with van der Waals surface area (Å²) in [5, 5.41) is 31.8. The molecule has 1 aromatic rings. The van der Waals surface area contributed by atoms with Crippen LogP contribution in [0.4, 0.5) is 5.69 Å². The van der Waals surface area contributed by atoms with Gasteiger partial charge >= 0.3 is 13.1 Å². The molecule has 0 aliphatic carbocycles. The Bertz CT molecular complexity index is 672. The van der Waals surface area contributed by atoms with Crippen molar-refractivity contribution in [3.8, 4) is 0 Å². The molecule has 2 rings (SSSR count). The van der Waals surface area contributed by atoms with Crippen LogP contribution in [0.3, 0.4) is 0 Å². The van der Waals surface area contributed by atoms with Crippen LogP contribution in [0.25, 0.3) is 0 Å². The number of nitrogens with one attached hydrogen (secondary N) is 1. The molecular weight excluding hydrogens is 459 g/mol. The maximum atomic E-state index is 11.8. The molecule has 2 unspecified atom stereocenters. The van der Waals surface area contributed by atoms with E-state index in [0.717, 1.165) is 5.69 Å². The number of likely N-dealkylation sites (tertiary alicyclic amines) is 1. The van der Waals surface area contributed by atoms with E-state index < -0.39 is 18.6 Å². The van der Waals surface area contributed by atoms with Crippen molar-refractivity contribution in [1.29, 1.82) is 0 Å². The number of hydrogen-bond acceptors (Lipinski definition) is 5. The smallest absolute Gasteiger partial charge is 0.451 e. The molecule has 2 atom stereocenters. The van der Waals surface area contributed by atoms with Crippen LogP contribution >= 0.6 is 48.6 Å². The molecule has 0 radical (unpaired) electrons. The number of carboxylic acids is 1. The Hall–Kier alpha value is -0.805. The summed E-state index contributed by atoms with van der Waals surface area (Å²) >= 11 is 11.3. The van der Waals surface area contributed by atoms with Crippen molar-refractivity contribution in [3.63, 3.8) is 0 Å². The van der Waals surface area contributed by atoms with Gasteiger partial charge in [-0.15, -0.1) is 24.8 Å². The number of nitrogens with two attached hydrogens (primary N) is 1. The highest BCUT2D eigenvalue weighted by Crippen LogP contribution is 2.31. The molecule has 1 aliphatic heterocycles. The second-order valence-corrected chi connectivity index (χ2v) is 7.76. The number of carbonyl (C=O) groups is 1. The summed E-state index contributed by atoms with van der Waals surface area (Å²) < 4.78 is 0. The van der Waals surface area contributed by atoms with E-state index in [2.05, 4.69) is 5.32 Å². The first kappa shape index (κ1) is 28.2. The highest BCUT2D eigenvalue weighted by Gasteiger charge is 2.45. The zero-order chi connectivity index (χ0) is 20.0. The van der Waals surface area contributed by atoms with E-state index in [0.29, 0.717) is 42.5 Å². The van der Waals surface area contributed by atoms with Crippen LogP contribution in [0.2, 0.25) is 11.3 Å². The minimum atomic E-state index is -1.37. The van der Waals surface area contributed by atoms with E-state index in [4.69, 9.17) is 39.6 Å². The van der Waals surface area contributed by atoms with Crippen molar-refractivity contribution in [2.24, 2.45) is 11.7 Å². The normalized spacial score (nSPS) is 17.5. The molecule has 0 spiro atoms. The van der Waals surface area contributed by atoms with Gasteiger partial charge in [0.25, 0.3) is 0 Å². The van der Waals surface area contributed by atoms with Crippen LogP contribution in [-0.2, 0) is 4.79 Å². The Labute approximate surface area is 193 Å². The Kier molecular flexibility index (Phi) is 12.4. The Balaban J connectivity index is 0.00000392. The van der Waals surface area contributed by atoms with Crippen molar-refractivity contribution >= 4 is 72.5 Å². The molecule has 1 fully saturated rings. The van der Waals surface area contributed by atoms with E-state index in [9.17, 15) is 9.90 Å². The summed E-state index contributed by atoms with van der Waals surface area (Å²) in [5.41, 5.74) is 5.72. The molecule has 6 N–H and O–H groups in total. The number of unbranched alkanes of at least 4 members (excludes halogenated alkanes) is 1. The average Bonchev–Trinajstić information content (AvgIpc) is 3.11. The van der Waals surface area contributed by atoms with E-state index in [1.54, 1.807) is 12.1 Å². The Morgan fingerprint density at radius 2 is 1.93 bits per heavy atom. The number of hydrogen-bond donors (Lipinski definition) is 5. The number of aliphatic carboxylic acids is 1. The molecule has 1 aromatic carbocycles. The minimum absolute atomic E-state index is 0. The number of anilines is 1. The van der Waals surface area contributed by atoms with Crippen LogP contribution in [-0.4, -0.2) is 56.9 Å². The lowest BCUT2D eigenvalue weighted by Crippen LogP contribution is -2.55. The number of halogens is 3. The fraction of sp³-hybridized carbons (Fsp3) is 0.529. The standard InChI is InChI=1S/C17H25BClN3O4S.2ClH/c19-13-3-5-14(6-4-13)21-16(27)22-10-7-12(11-22)17(20,15(23)24)8-1-2-9-18(25)26;;/h3-6,12,25-26H,1-2,7-11,20H2,(H,21,27)(H,23,24);2*1H. The molecule has 7 nitrogen and oxygen atoms in total. The van der Waals surface area contributed by atoms with E-state index in [1.165, 1.54) is 0 Å². The van der Waals surface area contributed by atoms with Crippen molar-refractivity contribution in [2.45, 2.75) is 37.5 Å². The summed E-state index contributed by atoms with van der Waals surface area (Å²) in [4.78, 5) is 13.8. The van der Waals surface area contributed by atoms with Crippen molar-refractivity contribution in [1.82, 2.24) is 4.90 Å². The molecule has 0 bridgehead atoms. The van der Waals surface area contributed by atoms with Gasteiger partial charge in [0, 0.05) is 29.7 Å². The zero-order valence-electron chi connectivity index (χ0n) is 15.8. The number of thiocarbonyl (C=S) groups is 1. The summed E-state index contributed by atoms with van der Waals surface area (Å²) in [6.07, 6.45) is 2.15. The van der Waals surface area contributed by atoms with Crippen LogP contribution in [0.5, 0.6) is 0 Å². The summed E-state index contributed by atoms with van der Waals surface area (Å²) in [5.74, 6) is -1.27. The van der Waals surface area contributed by atoms with Gasteiger partial charge in [-0.1, -0.05) is 24.4 Å². The maximum absolute atomic E-state index is 11.8. The summed E-state index contributed by atoms with van der Waals surface area (Å²) in [6, 6.07) is 7.17. The van der Waals surface area contributed by atoms with Crippen molar-refractivity contribution in [3.05, 3.63) is 29.3 Å². The Morgan fingerprint density at radius 3 is 2.48 bits per heavy atom. The molecular formula is C17H27BCl3N3O4S. The molecule has 12 heteroatoms. The molecule has 164 valence electrons. The highest BCUT2D eigenvalue weighted by atomic mass is 35.5. The third-order valence-electron chi connectivity index (χ3n) is 5.00. The van der Waals surface area contributed by atoms with Gasteiger partial charge in [-0.3, -0.25) is 4.79 Å². The molecule has 1 saturated heterocycles. The van der Waals surface area contributed by atoms with Gasteiger partial charge in [-0.2, -0.15) is 0 Å². The lowest BCUT2D eigenvalue weighted by atomic mass is 9.77. The van der Waals surface area contributed by atoms with E-state index >= 15 is 0 Å². The topological polar surface area (TPSA) is 119 Å². The Morgan fingerprint density at radius 1 is 1.31 bits per heavy atom. The number of nitrogens with zero attached hydrogens (tertiary/aromatic N) is 1. The van der Waals surface area contributed by atoms with Crippen LogP contribution in [0.1, 0.15) is 25.7 Å². The van der Waals surface area contributed by atoms with E-state index in [1.807, 2.05) is 17.0 Å². The second-order valence-electron chi connectivity index (χ2n) is 6.94. The second kappa shape index (κ2) is 12.8. The lowest BCUT2D eigenvalue weighted by Gasteiger charge is -2.31. The third-order valence-corrected chi connectivity index (χ3v) is 5.61. The summed E-state index contributed by atoms with van der Waals surface area (Å²) in [7, 11) is -1.37. The van der Waals surface area contributed by atoms with E-state index in [-0.39, 0.29) is 43.5 Å². The molecule has 1 aliphatic rings. The molecule has 29 heavy (non-hydrogen) atoms. The first-order valence-electron chi connectivity index (χ1n) is 8.92. The lowest BCUT2D eigenvalue weighted by molar-refractivity contribution is -0.145. The highest BCUT2D eigenvalue weighted by molar-refractivity contribution is 7.80. The zero-order valence-corrected chi connectivity index (χ0v) is 19.0. The van der Waals surface area contributed by atoms with Crippen molar-refractivity contribution in [2.75, 3.05) is 18.4 Å². The largest absolute Gasteiger partial charge is 0.480 e. The predicted molar refractivity (Wildman–Crippen MR) is 125 cm³/mol. The molecule has 1 heterocycles. The van der Waals surface area contributed by atoms with Gasteiger partial charge in [-0.05, 0) is 55.6 Å². The SMILES string of the molecule is Cl.Cl.NC(CCCCB(O)O)(C(=O)O)C1CCN(C(=S)Nc2ccc(Cl)cc2)C1. The minimum Gasteiger partial charge on any atom is -0.480 e. The molecule has 0 saturated carbocycles. The van der Waals surface area contributed by atoms with Crippen LogP contribution in [0.15, 0.2) is 24.3 Å². The number of rotatable bonds is 8. The van der Waals surface area contributed by atoms with Crippen molar-refractivity contribution < 1.29 is 19.9 Å². The number of carboxylic acid groups (broad SMARTS) is 1. The van der Waals surface area contributed by atoms with Gasteiger partial charge < -0.3 is 31.1 Å². The third kappa shape index (κ3) is 8.09. The fourth-order valence-electron chi connectivity index (χ4n) is 3.33. The average molecular weight is 487 g/mol. The summed E-state index contributed by atoms with van der Waals surface area (Å²) in [6.45, 7) is 1.09. The fourth-order valence-corrected chi connectivity index (χ4v) is 3.74. The van der Waals surface area contributed by atoms with Crippen LogP contribution in [0, 0.1) is 5.92 Å². The van der Waals surface area contributed by atoms with Gasteiger partial charge in [-0.25, -0.2) is 0 Å². The predicted octanol–water partition coefficient (Wildman–Crippen LogP) is 2.63. The van der Waals surface area contributed by atoms with Gasteiger partial charge in [0.1, 0.15) is 5.54 Å². The van der Waals surface area contributed by atoms with Gasteiger partial charge in [0.05, 0.1) is 0 Å².